The second-order valence-corrected chi connectivity index (χ2v) is 5.46. The van der Waals surface area contributed by atoms with Crippen LogP contribution in [0.15, 0.2) is 23.1 Å². The second-order valence-electron chi connectivity index (χ2n) is 5.46. The van der Waals surface area contributed by atoms with Crippen molar-refractivity contribution in [1.82, 2.24) is 9.63 Å². The molecule has 0 unspecified atom stereocenters. The lowest BCUT2D eigenvalue weighted by atomic mass is 9.99. The molecule has 0 aliphatic heterocycles. The number of aryl methyl sites for hydroxylation is 1. The number of nitrogens with two attached hydrogens (primary N) is 1. The van der Waals surface area contributed by atoms with Crippen molar-refractivity contribution in [3.63, 3.8) is 0 Å². The van der Waals surface area contributed by atoms with Crippen molar-refractivity contribution >= 4 is 18.0 Å². The summed E-state index contributed by atoms with van der Waals surface area (Å²) < 4.78 is 1.36. The molecule has 0 saturated carbocycles. The standard InChI is InChI=1S/C15H24N4O4/c1-3-4-5-6-12(10-18(23)11-20)15(22)19(16)13-7-8-17(2)14(21)9-13/h7-9,11-12,23H,3-6,10,16H2,1-2H3/t12-/m1/s1. The maximum Gasteiger partial charge on any atom is 0.252 e. The smallest absolute Gasteiger partial charge is 0.252 e. The minimum absolute atomic E-state index is 0.134. The Labute approximate surface area is 135 Å². The molecule has 0 aromatic carbocycles. The Morgan fingerprint density at radius 2 is 2.17 bits per heavy atom. The molecule has 128 valence electrons. The van der Waals surface area contributed by atoms with Crippen LogP contribution in [0.2, 0.25) is 0 Å². The molecule has 8 nitrogen and oxygen atoms in total. The van der Waals surface area contributed by atoms with Gasteiger partial charge in [0.15, 0.2) is 0 Å². The van der Waals surface area contributed by atoms with Crippen LogP contribution in [0.3, 0.4) is 0 Å². The number of hydrogen-bond acceptors (Lipinski definition) is 5. The van der Waals surface area contributed by atoms with E-state index in [2.05, 4.69) is 0 Å². The van der Waals surface area contributed by atoms with E-state index in [4.69, 9.17) is 5.84 Å². The number of nitrogens with zero attached hydrogens (tertiary/aromatic N) is 3. The quantitative estimate of drug-likeness (QED) is 0.173. The highest BCUT2D eigenvalue weighted by Crippen LogP contribution is 2.17. The van der Waals surface area contributed by atoms with E-state index in [1.54, 1.807) is 13.1 Å². The predicted octanol–water partition coefficient (Wildman–Crippen LogP) is 0.636. The maximum atomic E-state index is 12.5. The van der Waals surface area contributed by atoms with Gasteiger partial charge in [-0.2, -0.15) is 0 Å². The van der Waals surface area contributed by atoms with Gasteiger partial charge >= 0.3 is 0 Å². The molecule has 0 aliphatic rings. The molecular formula is C15H24N4O4. The minimum atomic E-state index is -0.634. The molecule has 0 fully saturated rings. The van der Waals surface area contributed by atoms with Crippen molar-refractivity contribution in [2.24, 2.45) is 18.8 Å². The molecular weight excluding hydrogens is 300 g/mol. The number of amides is 2. The summed E-state index contributed by atoms with van der Waals surface area (Å²) in [4.78, 5) is 34.8. The van der Waals surface area contributed by atoms with E-state index in [9.17, 15) is 19.6 Å². The molecule has 3 N–H and O–H groups in total. The topological polar surface area (TPSA) is 109 Å². The van der Waals surface area contributed by atoms with Crippen LogP contribution in [0.5, 0.6) is 0 Å². The largest absolute Gasteiger partial charge is 0.318 e. The molecule has 0 spiro atoms. The summed E-state index contributed by atoms with van der Waals surface area (Å²) in [6, 6.07) is 2.82. The highest BCUT2D eigenvalue weighted by Gasteiger charge is 2.25. The van der Waals surface area contributed by atoms with Gasteiger partial charge in [0.2, 0.25) is 12.3 Å². The zero-order chi connectivity index (χ0) is 17.4. The fourth-order valence-corrected chi connectivity index (χ4v) is 2.21. The molecule has 0 saturated heterocycles. The second kappa shape index (κ2) is 9.06. The average molecular weight is 324 g/mol. The van der Waals surface area contributed by atoms with Crippen molar-refractivity contribution in [3.8, 4) is 0 Å². The fraction of sp³-hybridized carbons (Fsp3) is 0.533. The Hall–Kier alpha value is -2.19. The first-order chi connectivity index (χ1) is 10.9. The average Bonchev–Trinajstić information content (AvgIpc) is 2.55. The van der Waals surface area contributed by atoms with Gasteiger partial charge in [-0.25, -0.2) is 15.9 Å². The van der Waals surface area contributed by atoms with Crippen LogP contribution >= 0.6 is 0 Å². The van der Waals surface area contributed by atoms with E-state index in [-0.39, 0.29) is 24.2 Å². The molecule has 8 heteroatoms. The Morgan fingerprint density at radius 3 is 2.74 bits per heavy atom. The summed E-state index contributed by atoms with van der Waals surface area (Å²) in [7, 11) is 1.59. The summed E-state index contributed by atoms with van der Waals surface area (Å²) >= 11 is 0. The first kappa shape index (κ1) is 18.9. The number of aromatic nitrogens is 1. The van der Waals surface area contributed by atoms with Crippen LogP contribution in [-0.4, -0.2) is 33.7 Å². The molecule has 1 aromatic heterocycles. The first-order valence-electron chi connectivity index (χ1n) is 7.56. The zero-order valence-corrected chi connectivity index (χ0v) is 13.5. The number of hydrazine groups is 1. The Kier molecular flexibility index (Phi) is 7.43. The van der Waals surface area contributed by atoms with E-state index < -0.39 is 11.8 Å². The Morgan fingerprint density at radius 1 is 1.48 bits per heavy atom. The van der Waals surface area contributed by atoms with Crippen LogP contribution in [0.25, 0.3) is 0 Å². The van der Waals surface area contributed by atoms with E-state index in [1.165, 1.54) is 16.8 Å². The lowest BCUT2D eigenvalue weighted by Gasteiger charge is -2.24. The number of carbonyl (C=O) groups is 2. The molecule has 0 bridgehead atoms. The van der Waals surface area contributed by atoms with Crippen LogP contribution in [0, 0.1) is 5.92 Å². The molecule has 1 heterocycles. The lowest BCUT2D eigenvalue weighted by molar-refractivity contribution is -0.154. The number of hydrogen-bond donors (Lipinski definition) is 2. The lowest BCUT2D eigenvalue weighted by Crippen LogP contribution is -2.45. The van der Waals surface area contributed by atoms with E-state index in [0.29, 0.717) is 11.5 Å². The number of pyridine rings is 1. The Bertz CT molecular complexity index is 587. The maximum absolute atomic E-state index is 12.5. The molecule has 1 atom stereocenters. The molecule has 23 heavy (non-hydrogen) atoms. The SMILES string of the molecule is CCCCC[C@H](CN(O)C=O)C(=O)N(N)c1ccn(C)c(=O)c1. The van der Waals surface area contributed by atoms with Gasteiger partial charge in [0.25, 0.3) is 5.56 Å². The number of hydroxylamine groups is 2. The van der Waals surface area contributed by atoms with E-state index in [0.717, 1.165) is 24.3 Å². The van der Waals surface area contributed by atoms with Crippen LogP contribution in [0.4, 0.5) is 5.69 Å². The summed E-state index contributed by atoms with van der Waals surface area (Å²) in [5.74, 6) is 4.74. The third kappa shape index (κ3) is 5.50. The number of unbranched alkanes of at least 4 members (excludes halogenated alkanes) is 2. The summed E-state index contributed by atoms with van der Waals surface area (Å²) in [5, 5.41) is 10.7. The number of rotatable bonds is 9. The van der Waals surface area contributed by atoms with Crippen LogP contribution in [-0.2, 0) is 16.6 Å². The molecule has 1 aromatic rings. The van der Waals surface area contributed by atoms with Gasteiger partial charge in [-0.1, -0.05) is 26.2 Å². The van der Waals surface area contributed by atoms with Crippen molar-refractivity contribution < 1.29 is 14.8 Å². The zero-order valence-electron chi connectivity index (χ0n) is 13.5. The van der Waals surface area contributed by atoms with Crippen molar-refractivity contribution in [2.75, 3.05) is 11.6 Å². The number of anilines is 1. The highest BCUT2D eigenvalue weighted by atomic mass is 16.5. The normalized spacial score (nSPS) is 11.8. The summed E-state index contributed by atoms with van der Waals surface area (Å²) in [6.45, 7) is 1.90. The van der Waals surface area contributed by atoms with Crippen LogP contribution in [0.1, 0.15) is 32.6 Å². The van der Waals surface area contributed by atoms with Crippen LogP contribution < -0.4 is 16.4 Å². The van der Waals surface area contributed by atoms with Gasteiger partial charge in [0, 0.05) is 19.3 Å². The van der Waals surface area contributed by atoms with Gasteiger partial charge in [-0.15, -0.1) is 0 Å². The van der Waals surface area contributed by atoms with Gasteiger partial charge < -0.3 is 4.57 Å². The molecule has 1 rings (SSSR count). The fourth-order valence-electron chi connectivity index (χ4n) is 2.21. The highest BCUT2D eigenvalue weighted by molar-refractivity contribution is 5.94. The first-order valence-corrected chi connectivity index (χ1v) is 7.56. The van der Waals surface area contributed by atoms with Crippen molar-refractivity contribution in [1.29, 1.82) is 0 Å². The monoisotopic (exact) mass is 324 g/mol. The molecule has 0 radical (unpaired) electrons. The third-order valence-electron chi connectivity index (χ3n) is 3.64. The predicted molar refractivity (Wildman–Crippen MR) is 85.5 cm³/mol. The van der Waals surface area contributed by atoms with Gasteiger partial charge in [-0.3, -0.25) is 19.6 Å². The third-order valence-corrected chi connectivity index (χ3v) is 3.64. The van der Waals surface area contributed by atoms with Crippen molar-refractivity contribution in [2.45, 2.75) is 32.6 Å². The van der Waals surface area contributed by atoms with E-state index >= 15 is 0 Å². The van der Waals surface area contributed by atoms with Gasteiger partial charge in [0.1, 0.15) is 0 Å². The number of carbonyl (C=O) groups excluding carboxylic acids is 2. The Balaban J connectivity index is 2.89. The van der Waals surface area contributed by atoms with Crippen molar-refractivity contribution in [3.05, 3.63) is 28.7 Å². The van der Waals surface area contributed by atoms with Gasteiger partial charge in [0.05, 0.1) is 18.2 Å². The summed E-state index contributed by atoms with van der Waals surface area (Å²) in [6.07, 6.45) is 4.96. The summed E-state index contributed by atoms with van der Waals surface area (Å²) in [5.41, 5.74) is -0.0147. The molecule has 2 amide bonds. The molecule has 0 aliphatic carbocycles. The van der Waals surface area contributed by atoms with Gasteiger partial charge in [-0.05, 0) is 12.5 Å². The van der Waals surface area contributed by atoms with E-state index in [1.807, 2.05) is 6.92 Å². The minimum Gasteiger partial charge on any atom is -0.318 e.